The Kier molecular flexibility index (Phi) is 4.48. The van der Waals surface area contributed by atoms with Crippen molar-refractivity contribution in [2.75, 3.05) is 0 Å². The maximum absolute atomic E-state index is 2.51. The van der Waals surface area contributed by atoms with Crippen molar-refractivity contribution in [2.24, 2.45) is 0 Å². The Morgan fingerprint density at radius 3 is 2.09 bits per heavy atom. The first-order valence-corrected chi connectivity index (χ1v) is 14.6. The minimum atomic E-state index is -1.36. The van der Waals surface area contributed by atoms with Crippen LogP contribution in [0.25, 0.3) is 5.20 Å². The summed E-state index contributed by atoms with van der Waals surface area (Å²) in [5.74, 6) is 0.596. The normalized spacial score (nSPS) is 17.7. The van der Waals surface area contributed by atoms with Gasteiger partial charge < -0.3 is 0 Å². The molecule has 0 N–H and O–H groups in total. The number of fused-ring (bicyclic) bond motifs is 1. The third kappa shape index (κ3) is 3.15. The van der Waals surface area contributed by atoms with Crippen LogP contribution in [0.1, 0.15) is 22.6 Å². The van der Waals surface area contributed by atoms with E-state index in [1.54, 1.807) is 21.5 Å². The molecule has 2 aromatic rings. The molecular formula is C21H27Si2. The lowest BCUT2D eigenvalue weighted by atomic mass is 9.93. The summed E-state index contributed by atoms with van der Waals surface area (Å²) in [7, 11) is -1.82. The van der Waals surface area contributed by atoms with Crippen LogP contribution < -0.4 is 0 Å². The fourth-order valence-electron chi connectivity index (χ4n) is 3.97. The average molecular weight is 336 g/mol. The van der Waals surface area contributed by atoms with Gasteiger partial charge in [0.25, 0.3) is 0 Å². The molecule has 1 radical (unpaired) electrons. The summed E-state index contributed by atoms with van der Waals surface area (Å²) in [5.41, 5.74) is 4.61. The summed E-state index contributed by atoms with van der Waals surface area (Å²) in [4.78, 5) is 0. The molecule has 1 unspecified atom stereocenters. The number of allylic oxidation sites excluding steroid dienone is 1. The van der Waals surface area contributed by atoms with Gasteiger partial charge >= 0.3 is 0 Å². The number of rotatable bonds is 4. The SMILES string of the molecule is C[Si](C)C1=C([Si](C)(C)C)c2ccccc2C1Cc1ccccc1. The standard InChI is InChI=1S/C21H27Si2/c1-22(2)20-19(15-16-11-7-6-8-12-16)17-13-9-10-14-18(17)21(20)23(3,4)5/h6-14,19H,15H2,1-5H3. The van der Waals surface area contributed by atoms with E-state index in [-0.39, 0.29) is 0 Å². The van der Waals surface area contributed by atoms with E-state index in [0.29, 0.717) is 5.92 Å². The molecule has 0 spiro atoms. The molecule has 0 heterocycles. The van der Waals surface area contributed by atoms with Crippen LogP contribution in [0.2, 0.25) is 32.7 Å². The van der Waals surface area contributed by atoms with Gasteiger partial charge in [-0.25, -0.2) is 0 Å². The maximum atomic E-state index is 2.51. The second-order valence-electron chi connectivity index (χ2n) is 7.87. The Morgan fingerprint density at radius 1 is 0.870 bits per heavy atom. The quantitative estimate of drug-likeness (QED) is 0.606. The maximum Gasteiger partial charge on any atom is 0.0778 e. The highest BCUT2D eigenvalue weighted by Gasteiger charge is 2.37. The minimum Gasteiger partial charge on any atom is -0.0756 e. The number of hydrogen-bond acceptors (Lipinski definition) is 0. The van der Waals surface area contributed by atoms with Gasteiger partial charge in [0, 0.05) is 5.92 Å². The zero-order chi connectivity index (χ0) is 16.6. The van der Waals surface area contributed by atoms with Crippen LogP contribution >= 0.6 is 0 Å². The van der Waals surface area contributed by atoms with Gasteiger partial charge in [0.2, 0.25) is 0 Å². The summed E-state index contributed by atoms with van der Waals surface area (Å²) in [6.07, 6.45) is 1.15. The summed E-state index contributed by atoms with van der Waals surface area (Å²) in [6, 6.07) is 20.2. The molecular weight excluding hydrogens is 308 g/mol. The molecule has 0 nitrogen and oxygen atoms in total. The van der Waals surface area contributed by atoms with Gasteiger partial charge in [-0.1, -0.05) is 97.7 Å². The van der Waals surface area contributed by atoms with Crippen molar-refractivity contribution in [3.8, 4) is 0 Å². The molecule has 2 aromatic carbocycles. The Hall–Kier alpha value is -1.39. The zero-order valence-corrected chi connectivity index (χ0v) is 17.0. The van der Waals surface area contributed by atoms with Gasteiger partial charge in [-0.15, -0.1) is 0 Å². The predicted octanol–water partition coefficient (Wildman–Crippen LogP) is 5.95. The Balaban J connectivity index is 2.15. The first kappa shape index (κ1) is 16.5. The van der Waals surface area contributed by atoms with E-state index >= 15 is 0 Å². The van der Waals surface area contributed by atoms with E-state index in [0.717, 1.165) is 6.42 Å². The molecule has 1 aliphatic rings. The monoisotopic (exact) mass is 335 g/mol. The lowest BCUT2D eigenvalue weighted by Crippen LogP contribution is -2.26. The van der Waals surface area contributed by atoms with Gasteiger partial charge in [-0.3, -0.25) is 0 Å². The van der Waals surface area contributed by atoms with Crippen LogP contribution in [0.3, 0.4) is 0 Å². The van der Waals surface area contributed by atoms with Crippen molar-refractivity contribution in [3.63, 3.8) is 0 Å². The predicted molar refractivity (Wildman–Crippen MR) is 107 cm³/mol. The number of hydrogen-bond donors (Lipinski definition) is 0. The Bertz CT molecular complexity index is 721. The first-order chi connectivity index (χ1) is 10.9. The molecule has 0 fully saturated rings. The molecule has 0 amide bonds. The molecule has 0 aromatic heterocycles. The van der Waals surface area contributed by atoms with Crippen molar-refractivity contribution >= 4 is 22.1 Å². The number of benzene rings is 2. The third-order valence-electron chi connectivity index (χ3n) is 4.79. The topological polar surface area (TPSA) is 0 Å². The van der Waals surface area contributed by atoms with E-state index in [2.05, 4.69) is 87.3 Å². The second kappa shape index (κ2) is 6.25. The van der Waals surface area contributed by atoms with E-state index in [1.807, 2.05) is 0 Å². The third-order valence-corrected chi connectivity index (χ3v) is 8.76. The lowest BCUT2D eigenvalue weighted by Gasteiger charge is -2.25. The van der Waals surface area contributed by atoms with Crippen LogP contribution in [0.5, 0.6) is 0 Å². The van der Waals surface area contributed by atoms with Gasteiger partial charge in [-0.05, 0) is 23.1 Å². The van der Waals surface area contributed by atoms with Crippen molar-refractivity contribution in [1.82, 2.24) is 0 Å². The van der Waals surface area contributed by atoms with E-state index in [1.165, 1.54) is 5.56 Å². The first-order valence-electron chi connectivity index (χ1n) is 8.58. The molecule has 119 valence electrons. The summed E-state index contributed by atoms with van der Waals surface area (Å²) >= 11 is 0. The van der Waals surface area contributed by atoms with E-state index in [4.69, 9.17) is 0 Å². The second-order valence-corrected chi connectivity index (χ2v) is 15.4. The molecule has 1 atom stereocenters. The molecule has 1 aliphatic carbocycles. The zero-order valence-electron chi connectivity index (χ0n) is 15.0. The highest BCUT2D eigenvalue weighted by molar-refractivity contribution is 6.96. The van der Waals surface area contributed by atoms with Gasteiger partial charge in [0.1, 0.15) is 0 Å². The van der Waals surface area contributed by atoms with Gasteiger partial charge in [-0.2, -0.15) is 0 Å². The van der Waals surface area contributed by atoms with Crippen LogP contribution in [0.15, 0.2) is 59.8 Å². The van der Waals surface area contributed by atoms with Crippen LogP contribution in [-0.2, 0) is 6.42 Å². The highest BCUT2D eigenvalue weighted by atomic mass is 28.3. The van der Waals surface area contributed by atoms with Gasteiger partial charge in [0.05, 0.1) is 16.9 Å². The molecule has 3 rings (SSSR count). The van der Waals surface area contributed by atoms with Gasteiger partial charge in [0.15, 0.2) is 0 Å². The molecule has 0 saturated heterocycles. The summed E-state index contributed by atoms with van der Waals surface area (Å²) in [6.45, 7) is 12.5. The lowest BCUT2D eigenvalue weighted by molar-refractivity contribution is 0.832. The van der Waals surface area contributed by atoms with E-state index in [9.17, 15) is 0 Å². The molecule has 23 heavy (non-hydrogen) atoms. The molecule has 2 heteroatoms. The minimum absolute atomic E-state index is 0.462. The summed E-state index contributed by atoms with van der Waals surface area (Å²) < 4.78 is 0. The molecule has 0 saturated carbocycles. The van der Waals surface area contributed by atoms with Crippen molar-refractivity contribution in [2.45, 2.75) is 45.1 Å². The fraction of sp³-hybridized carbons (Fsp3) is 0.333. The van der Waals surface area contributed by atoms with Crippen LogP contribution in [-0.4, -0.2) is 16.9 Å². The molecule has 0 bridgehead atoms. The highest BCUT2D eigenvalue weighted by Crippen LogP contribution is 2.48. The van der Waals surface area contributed by atoms with Crippen LogP contribution in [0, 0.1) is 0 Å². The summed E-state index contributed by atoms with van der Waals surface area (Å²) in [5, 5.41) is 3.56. The van der Waals surface area contributed by atoms with Crippen LogP contribution in [0.4, 0.5) is 0 Å². The van der Waals surface area contributed by atoms with E-state index < -0.39 is 16.9 Å². The van der Waals surface area contributed by atoms with Crippen molar-refractivity contribution in [1.29, 1.82) is 0 Å². The van der Waals surface area contributed by atoms with Crippen molar-refractivity contribution < 1.29 is 0 Å². The molecule has 0 aliphatic heterocycles. The fourth-order valence-corrected chi connectivity index (χ4v) is 9.45. The largest absolute Gasteiger partial charge is 0.0778 e. The smallest absolute Gasteiger partial charge is 0.0756 e. The average Bonchev–Trinajstić information content (AvgIpc) is 2.83. The Labute approximate surface area is 143 Å². The Morgan fingerprint density at radius 2 is 1.48 bits per heavy atom. The van der Waals surface area contributed by atoms with Crippen molar-refractivity contribution in [3.05, 3.63) is 76.5 Å².